The molecule has 0 aliphatic rings. The smallest absolute Gasteiger partial charge is 0.339 e. The molecule has 10 heteroatoms. The second kappa shape index (κ2) is 7.84. The first-order chi connectivity index (χ1) is 13.3. The molecule has 1 heterocycles. The Balaban J connectivity index is 1.77. The molecule has 3 N–H and O–H groups in total. The van der Waals surface area contributed by atoms with Crippen molar-refractivity contribution in [2.45, 2.75) is 4.90 Å². The fourth-order valence-corrected chi connectivity index (χ4v) is 3.19. The van der Waals surface area contributed by atoms with Crippen molar-refractivity contribution < 1.29 is 23.4 Å². The fraction of sp³-hybridized carbons (Fsp3) is 0. The topological polar surface area (TPSA) is 141 Å². The van der Waals surface area contributed by atoms with Crippen molar-refractivity contribution >= 4 is 33.2 Å². The number of benzene rings is 2. The van der Waals surface area contributed by atoms with Crippen LogP contribution in [0.1, 0.15) is 10.4 Å². The zero-order valence-electron chi connectivity index (χ0n) is 14.2. The minimum Gasteiger partial charge on any atom is -0.507 e. The number of nitrogens with one attached hydrogen (secondary N) is 1. The van der Waals surface area contributed by atoms with Gasteiger partial charge in [-0.05, 0) is 54.6 Å². The van der Waals surface area contributed by atoms with Crippen molar-refractivity contribution in [3.63, 3.8) is 0 Å². The number of nitrogens with zero attached hydrogens (tertiary/aromatic N) is 3. The second-order valence-electron chi connectivity index (χ2n) is 5.52. The Morgan fingerprint density at radius 2 is 1.64 bits per heavy atom. The van der Waals surface area contributed by atoms with Gasteiger partial charge in [0.25, 0.3) is 10.0 Å². The van der Waals surface area contributed by atoms with Crippen LogP contribution in [0, 0.1) is 0 Å². The van der Waals surface area contributed by atoms with E-state index in [-0.39, 0.29) is 27.7 Å². The lowest BCUT2D eigenvalue weighted by atomic mass is 10.2. The fourth-order valence-electron chi connectivity index (χ4n) is 2.18. The highest BCUT2D eigenvalue weighted by atomic mass is 32.2. The lowest BCUT2D eigenvalue weighted by Gasteiger charge is -2.07. The summed E-state index contributed by atoms with van der Waals surface area (Å²) in [6.07, 6.45) is 1.47. The second-order valence-corrected chi connectivity index (χ2v) is 7.20. The molecular formula is C18H14N4O5S. The zero-order valence-corrected chi connectivity index (χ0v) is 15.0. The number of hydrogen-bond acceptors (Lipinski definition) is 7. The van der Waals surface area contributed by atoms with Crippen LogP contribution in [-0.4, -0.2) is 29.6 Å². The van der Waals surface area contributed by atoms with E-state index in [0.717, 1.165) is 0 Å². The van der Waals surface area contributed by atoms with Gasteiger partial charge >= 0.3 is 5.97 Å². The van der Waals surface area contributed by atoms with E-state index in [1.165, 1.54) is 54.7 Å². The number of sulfonamides is 1. The summed E-state index contributed by atoms with van der Waals surface area (Å²) in [5, 5.41) is 26.3. The highest BCUT2D eigenvalue weighted by Gasteiger charge is 2.14. The molecule has 28 heavy (non-hydrogen) atoms. The predicted molar refractivity (Wildman–Crippen MR) is 101 cm³/mol. The number of phenols is 1. The number of aromatic carboxylic acids is 1. The Bertz CT molecular complexity index is 1130. The van der Waals surface area contributed by atoms with E-state index in [9.17, 15) is 18.3 Å². The van der Waals surface area contributed by atoms with Gasteiger partial charge in [0.15, 0.2) is 0 Å². The molecule has 0 aliphatic carbocycles. The van der Waals surface area contributed by atoms with Crippen molar-refractivity contribution in [1.82, 2.24) is 4.98 Å². The van der Waals surface area contributed by atoms with E-state index in [2.05, 4.69) is 19.9 Å². The Morgan fingerprint density at radius 1 is 0.964 bits per heavy atom. The van der Waals surface area contributed by atoms with Crippen LogP contribution in [-0.2, 0) is 10.0 Å². The summed E-state index contributed by atoms with van der Waals surface area (Å²) in [4.78, 5) is 14.9. The average Bonchev–Trinajstić information content (AvgIpc) is 2.68. The van der Waals surface area contributed by atoms with Crippen LogP contribution in [0.5, 0.6) is 5.75 Å². The summed E-state index contributed by atoms with van der Waals surface area (Å²) in [7, 11) is -3.79. The van der Waals surface area contributed by atoms with Crippen LogP contribution in [0.4, 0.5) is 17.2 Å². The summed E-state index contributed by atoms with van der Waals surface area (Å²) < 4.78 is 27.0. The van der Waals surface area contributed by atoms with Gasteiger partial charge in [-0.3, -0.25) is 4.72 Å². The van der Waals surface area contributed by atoms with Gasteiger partial charge in [-0.15, -0.1) is 0 Å². The van der Waals surface area contributed by atoms with Crippen LogP contribution < -0.4 is 4.72 Å². The Morgan fingerprint density at radius 3 is 2.29 bits per heavy atom. The number of aromatic nitrogens is 1. The summed E-state index contributed by atoms with van der Waals surface area (Å²) in [6, 6.07) is 14.3. The van der Waals surface area contributed by atoms with Gasteiger partial charge in [0.2, 0.25) is 0 Å². The zero-order chi connectivity index (χ0) is 20.1. The number of anilines is 1. The number of aromatic hydroxyl groups is 1. The van der Waals surface area contributed by atoms with Crippen molar-refractivity contribution in [1.29, 1.82) is 0 Å². The van der Waals surface area contributed by atoms with Crippen LogP contribution in [0.15, 0.2) is 82.0 Å². The molecule has 0 radical (unpaired) electrons. The maximum atomic E-state index is 12.3. The molecule has 142 valence electrons. The molecule has 0 saturated heterocycles. The van der Waals surface area contributed by atoms with Gasteiger partial charge < -0.3 is 10.2 Å². The molecule has 0 saturated carbocycles. The first kappa shape index (κ1) is 19.0. The normalized spacial score (nSPS) is 11.4. The van der Waals surface area contributed by atoms with E-state index in [4.69, 9.17) is 5.11 Å². The average molecular weight is 398 g/mol. The van der Waals surface area contributed by atoms with E-state index in [1.54, 1.807) is 12.1 Å². The third-order valence-electron chi connectivity index (χ3n) is 3.54. The Labute approximate surface area is 160 Å². The van der Waals surface area contributed by atoms with E-state index in [1.807, 2.05) is 0 Å². The van der Waals surface area contributed by atoms with E-state index >= 15 is 0 Å². The summed E-state index contributed by atoms with van der Waals surface area (Å²) >= 11 is 0. The SMILES string of the molecule is O=C(O)c1cc(/N=N\c2ccc(S(=O)(=O)Nc3ccccn3)cc2)ccc1O. The predicted octanol–water partition coefficient (Wildman–Crippen LogP) is 3.70. The number of hydrogen-bond donors (Lipinski definition) is 3. The Kier molecular flexibility index (Phi) is 5.32. The van der Waals surface area contributed by atoms with Gasteiger partial charge in [-0.1, -0.05) is 6.07 Å². The molecule has 0 aliphatic heterocycles. The van der Waals surface area contributed by atoms with Crippen molar-refractivity contribution in [2.75, 3.05) is 4.72 Å². The molecule has 0 amide bonds. The number of azo groups is 1. The quantitative estimate of drug-likeness (QED) is 0.541. The van der Waals surface area contributed by atoms with Gasteiger partial charge in [0, 0.05) is 6.20 Å². The summed E-state index contributed by atoms with van der Waals surface area (Å²) in [5.41, 5.74) is 0.295. The minimum atomic E-state index is -3.79. The maximum absolute atomic E-state index is 12.3. The molecule has 0 bridgehead atoms. The first-order valence-electron chi connectivity index (χ1n) is 7.87. The maximum Gasteiger partial charge on any atom is 0.339 e. The van der Waals surface area contributed by atoms with Crippen molar-refractivity contribution in [3.05, 3.63) is 72.4 Å². The Hall–Kier alpha value is -3.79. The third-order valence-corrected chi connectivity index (χ3v) is 4.91. The molecule has 0 atom stereocenters. The van der Waals surface area contributed by atoms with Gasteiger partial charge in [0.05, 0.1) is 16.3 Å². The lowest BCUT2D eigenvalue weighted by molar-refractivity contribution is 0.0693. The molecule has 2 aromatic carbocycles. The van der Waals surface area contributed by atoms with Gasteiger partial charge in [-0.2, -0.15) is 10.2 Å². The molecule has 0 fully saturated rings. The van der Waals surface area contributed by atoms with Crippen LogP contribution in [0.3, 0.4) is 0 Å². The highest BCUT2D eigenvalue weighted by molar-refractivity contribution is 7.92. The van der Waals surface area contributed by atoms with Crippen LogP contribution >= 0.6 is 0 Å². The van der Waals surface area contributed by atoms with Crippen LogP contribution in [0.25, 0.3) is 0 Å². The standard InChI is InChI=1S/C18H14N4O5S/c23-16-9-6-13(11-15(16)18(24)25)21-20-12-4-7-14(8-5-12)28(26,27)22-17-3-1-2-10-19-17/h1-11,23H,(H,19,22)(H,24,25)/b21-20-. The first-order valence-corrected chi connectivity index (χ1v) is 9.35. The number of rotatable bonds is 6. The molecule has 0 spiro atoms. The van der Waals surface area contributed by atoms with E-state index < -0.39 is 16.0 Å². The monoisotopic (exact) mass is 398 g/mol. The largest absolute Gasteiger partial charge is 0.507 e. The molecule has 9 nitrogen and oxygen atoms in total. The number of carbonyl (C=O) groups is 1. The molecular weight excluding hydrogens is 384 g/mol. The van der Waals surface area contributed by atoms with Crippen molar-refractivity contribution in [2.24, 2.45) is 10.2 Å². The number of pyridine rings is 1. The molecule has 1 aromatic heterocycles. The molecule has 0 unspecified atom stereocenters. The number of carboxylic acid groups (broad SMARTS) is 1. The van der Waals surface area contributed by atoms with Crippen molar-refractivity contribution in [3.8, 4) is 5.75 Å². The summed E-state index contributed by atoms with van der Waals surface area (Å²) in [6.45, 7) is 0. The minimum absolute atomic E-state index is 0.0231. The molecule has 3 rings (SSSR count). The van der Waals surface area contributed by atoms with Gasteiger partial charge in [0.1, 0.15) is 17.1 Å². The van der Waals surface area contributed by atoms with Gasteiger partial charge in [-0.25, -0.2) is 18.2 Å². The highest BCUT2D eigenvalue weighted by Crippen LogP contribution is 2.25. The lowest BCUT2D eigenvalue weighted by Crippen LogP contribution is -2.13. The molecule has 3 aromatic rings. The number of carboxylic acids is 1. The van der Waals surface area contributed by atoms with Crippen LogP contribution in [0.2, 0.25) is 0 Å². The summed E-state index contributed by atoms with van der Waals surface area (Å²) in [5.74, 6) is -1.46. The third kappa shape index (κ3) is 4.48. The van der Waals surface area contributed by atoms with E-state index in [0.29, 0.717) is 5.69 Å².